The molecule has 0 aromatic heterocycles. The van der Waals surface area contributed by atoms with Gasteiger partial charge in [0.2, 0.25) is 0 Å². The molecule has 1 nitrogen and oxygen atoms in total. The van der Waals surface area contributed by atoms with Crippen LogP contribution in [-0.4, -0.2) is 32.2 Å². The number of aryl methyl sites for hydroxylation is 1. The first-order chi connectivity index (χ1) is 10.3. The zero-order chi connectivity index (χ0) is 14.5. The van der Waals surface area contributed by atoms with Crippen LogP contribution in [0.5, 0.6) is 0 Å². The van der Waals surface area contributed by atoms with Crippen LogP contribution in [0.15, 0.2) is 30.3 Å². The fourth-order valence-corrected chi connectivity index (χ4v) is 7.12. The summed E-state index contributed by atoms with van der Waals surface area (Å²) < 4.78 is 7.83. The van der Waals surface area contributed by atoms with Gasteiger partial charge in [0.15, 0.2) is 0 Å². The highest BCUT2D eigenvalue weighted by Gasteiger charge is 2.34. The Morgan fingerprint density at radius 3 is 2.67 bits per heavy atom. The predicted octanol–water partition coefficient (Wildman–Crippen LogP) is 5.17. The number of hydrogen-bond acceptors (Lipinski definition) is 3. The Morgan fingerprint density at radius 2 is 1.90 bits per heavy atom. The molecule has 2 fully saturated rings. The van der Waals surface area contributed by atoms with Crippen molar-refractivity contribution in [2.75, 3.05) is 11.5 Å². The van der Waals surface area contributed by atoms with E-state index >= 15 is 0 Å². The van der Waals surface area contributed by atoms with E-state index in [4.69, 9.17) is 4.74 Å². The van der Waals surface area contributed by atoms with Crippen LogP contribution in [0.4, 0.5) is 0 Å². The summed E-state index contributed by atoms with van der Waals surface area (Å²) in [6.45, 7) is 0. The fourth-order valence-electron chi connectivity index (χ4n) is 3.03. The summed E-state index contributed by atoms with van der Waals surface area (Å²) in [5.74, 6) is 2.69. The highest BCUT2D eigenvalue weighted by Crippen LogP contribution is 2.39. The maximum Gasteiger partial charge on any atom is 0.0700 e. The molecule has 2 aliphatic heterocycles. The molecule has 2 heterocycles. The Bertz CT molecular complexity index is 422. The van der Waals surface area contributed by atoms with E-state index in [1.807, 2.05) is 0 Å². The molecule has 2 aliphatic rings. The summed E-state index contributed by atoms with van der Waals surface area (Å²) in [5.41, 5.74) is 1.44. The third-order valence-corrected chi connectivity index (χ3v) is 8.47. The van der Waals surface area contributed by atoms with Crippen molar-refractivity contribution in [1.82, 2.24) is 0 Å². The van der Waals surface area contributed by atoms with E-state index < -0.39 is 0 Å². The largest absolute Gasteiger partial charge is 0.374 e. The summed E-state index contributed by atoms with van der Waals surface area (Å²) in [7, 11) is 0. The minimum Gasteiger partial charge on any atom is -0.374 e. The monoisotopic (exact) mass is 434 g/mol. The molecule has 116 valence electrons. The lowest BCUT2D eigenvalue weighted by atomic mass is 10.0. The molecule has 1 aromatic carbocycles. The Kier molecular flexibility index (Phi) is 6.63. The molecule has 0 aliphatic carbocycles. The molecule has 0 spiro atoms. The standard InChI is InChI=1S/C17H23IOS2/c18-15-11-14(12-17-20-9-4-10-21-17)19-16(15)8-7-13-5-2-1-3-6-13/h1-3,5-6,14-17H,4,7-12H2/t14-,15-,16+/m1/s1. The van der Waals surface area contributed by atoms with Gasteiger partial charge in [-0.15, -0.1) is 23.5 Å². The summed E-state index contributed by atoms with van der Waals surface area (Å²) in [6, 6.07) is 10.8. The minimum absolute atomic E-state index is 0.453. The Labute approximate surface area is 150 Å². The van der Waals surface area contributed by atoms with Gasteiger partial charge in [-0.1, -0.05) is 52.9 Å². The molecule has 0 unspecified atom stereocenters. The van der Waals surface area contributed by atoms with Crippen LogP contribution in [-0.2, 0) is 11.2 Å². The van der Waals surface area contributed by atoms with Gasteiger partial charge in [0.1, 0.15) is 0 Å². The summed E-state index contributed by atoms with van der Waals surface area (Å²) in [4.78, 5) is 0. The lowest BCUT2D eigenvalue weighted by Gasteiger charge is -2.23. The molecular formula is C17H23IOS2. The lowest BCUT2D eigenvalue weighted by Crippen LogP contribution is -2.19. The van der Waals surface area contributed by atoms with Gasteiger partial charge in [-0.05, 0) is 49.2 Å². The van der Waals surface area contributed by atoms with Crippen molar-refractivity contribution in [3.63, 3.8) is 0 Å². The molecule has 3 rings (SSSR count). The number of ether oxygens (including phenoxy) is 1. The van der Waals surface area contributed by atoms with Crippen LogP contribution in [0, 0.1) is 0 Å². The van der Waals surface area contributed by atoms with E-state index in [1.165, 1.54) is 42.8 Å². The molecule has 0 amide bonds. The molecule has 0 N–H and O–H groups in total. The van der Waals surface area contributed by atoms with Crippen molar-refractivity contribution in [2.24, 2.45) is 0 Å². The average molecular weight is 434 g/mol. The van der Waals surface area contributed by atoms with Crippen molar-refractivity contribution in [1.29, 1.82) is 0 Å². The fraction of sp³-hybridized carbons (Fsp3) is 0.647. The first kappa shape index (κ1) is 16.5. The Balaban J connectivity index is 1.44. The van der Waals surface area contributed by atoms with E-state index in [1.54, 1.807) is 0 Å². The predicted molar refractivity (Wildman–Crippen MR) is 104 cm³/mol. The van der Waals surface area contributed by atoms with Crippen molar-refractivity contribution in [2.45, 2.75) is 52.8 Å². The van der Waals surface area contributed by atoms with Crippen molar-refractivity contribution >= 4 is 46.1 Å². The van der Waals surface area contributed by atoms with Gasteiger partial charge >= 0.3 is 0 Å². The molecule has 0 bridgehead atoms. The van der Waals surface area contributed by atoms with Crippen LogP contribution < -0.4 is 0 Å². The van der Waals surface area contributed by atoms with Crippen LogP contribution >= 0.6 is 46.1 Å². The highest BCUT2D eigenvalue weighted by atomic mass is 127. The summed E-state index contributed by atoms with van der Waals surface area (Å²) in [5, 5.41) is 0. The minimum atomic E-state index is 0.453. The molecular weight excluding hydrogens is 411 g/mol. The highest BCUT2D eigenvalue weighted by molar-refractivity contribution is 14.1. The molecule has 0 radical (unpaired) electrons. The van der Waals surface area contributed by atoms with Crippen LogP contribution in [0.1, 0.15) is 31.2 Å². The first-order valence-corrected chi connectivity index (χ1v) is 11.2. The average Bonchev–Trinajstić information content (AvgIpc) is 2.87. The number of halogens is 1. The number of rotatable bonds is 5. The second kappa shape index (κ2) is 8.46. The van der Waals surface area contributed by atoms with Crippen molar-refractivity contribution < 1.29 is 4.74 Å². The quantitative estimate of drug-likeness (QED) is 0.468. The van der Waals surface area contributed by atoms with Gasteiger partial charge in [0.05, 0.1) is 16.8 Å². The zero-order valence-electron chi connectivity index (χ0n) is 12.2. The second-order valence-electron chi connectivity index (χ2n) is 5.83. The number of thioether (sulfide) groups is 2. The molecule has 4 heteroatoms. The number of benzene rings is 1. The van der Waals surface area contributed by atoms with Gasteiger partial charge in [-0.3, -0.25) is 0 Å². The van der Waals surface area contributed by atoms with Gasteiger partial charge in [-0.25, -0.2) is 0 Å². The number of hydrogen-bond donors (Lipinski definition) is 0. The van der Waals surface area contributed by atoms with Gasteiger partial charge in [-0.2, -0.15) is 0 Å². The van der Waals surface area contributed by atoms with Gasteiger partial charge in [0.25, 0.3) is 0 Å². The van der Waals surface area contributed by atoms with E-state index in [0.717, 1.165) is 11.0 Å². The normalized spacial score (nSPS) is 30.6. The van der Waals surface area contributed by atoms with Gasteiger partial charge < -0.3 is 4.74 Å². The van der Waals surface area contributed by atoms with E-state index in [-0.39, 0.29) is 0 Å². The third kappa shape index (κ3) is 5.05. The lowest BCUT2D eigenvalue weighted by molar-refractivity contribution is 0.0406. The van der Waals surface area contributed by atoms with Crippen LogP contribution in [0.2, 0.25) is 0 Å². The molecule has 0 saturated carbocycles. The van der Waals surface area contributed by atoms with Crippen LogP contribution in [0.25, 0.3) is 0 Å². The van der Waals surface area contributed by atoms with E-state index in [2.05, 4.69) is 76.4 Å². The smallest absolute Gasteiger partial charge is 0.0700 e. The maximum absolute atomic E-state index is 6.36. The summed E-state index contributed by atoms with van der Waals surface area (Å²) in [6.07, 6.45) is 7.13. The van der Waals surface area contributed by atoms with E-state index in [0.29, 0.717) is 16.1 Å². The third-order valence-electron chi connectivity index (χ3n) is 4.17. The second-order valence-corrected chi connectivity index (χ2v) is 10.4. The topological polar surface area (TPSA) is 9.23 Å². The van der Waals surface area contributed by atoms with Gasteiger partial charge in [0, 0.05) is 3.92 Å². The molecule has 2 saturated heterocycles. The zero-order valence-corrected chi connectivity index (χ0v) is 16.0. The first-order valence-electron chi connectivity index (χ1n) is 7.88. The Morgan fingerprint density at radius 1 is 1.14 bits per heavy atom. The molecule has 21 heavy (non-hydrogen) atoms. The maximum atomic E-state index is 6.36. The van der Waals surface area contributed by atoms with E-state index in [9.17, 15) is 0 Å². The van der Waals surface area contributed by atoms with Crippen molar-refractivity contribution in [3.05, 3.63) is 35.9 Å². The molecule has 3 atom stereocenters. The van der Waals surface area contributed by atoms with Crippen LogP contribution in [0.3, 0.4) is 0 Å². The summed E-state index contributed by atoms with van der Waals surface area (Å²) >= 11 is 6.89. The van der Waals surface area contributed by atoms with Crippen molar-refractivity contribution in [3.8, 4) is 0 Å². The SMILES string of the molecule is I[C@@H]1C[C@H](CC2SCCCS2)O[C@H]1CCc1ccccc1. The number of alkyl halides is 1. The Hall–Kier alpha value is 0.610. The molecule has 1 aromatic rings.